The van der Waals surface area contributed by atoms with Crippen LogP contribution >= 0.6 is 0 Å². The smallest absolute Gasteiger partial charge is 0.342 e. The third-order valence-corrected chi connectivity index (χ3v) is 2.82. The van der Waals surface area contributed by atoms with Crippen LogP contribution in [-0.4, -0.2) is 27.3 Å². The van der Waals surface area contributed by atoms with Crippen molar-refractivity contribution in [1.29, 1.82) is 0 Å². The number of anilines is 1. The summed E-state index contributed by atoms with van der Waals surface area (Å²) in [6, 6.07) is 0.471. The summed E-state index contributed by atoms with van der Waals surface area (Å²) in [4.78, 5) is 24.2. The van der Waals surface area contributed by atoms with E-state index in [1.54, 1.807) is 0 Å². The summed E-state index contributed by atoms with van der Waals surface area (Å²) in [5, 5.41) is 8.87. The van der Waals surface area contributed by atoms with Crippen molar-refractivity contribution in [2.45, 2.75) is 37.8 Å². The molecule has 0 unspecified atom stereocenters. The quantitative estimate of drug-likeness (QED) is 0.522. The first-order valence-electron chi connectivity index (χ1n) is 5.36. The summed E-state index contributed by atoms with van der Waals surface area (Å²) in [5.41, 5.74) is 4.70. The minimum atomic E-state index is -0.596. The Bertz CT molecular complexity index is 457. The van der Waals surface area contributed by atoms with Gasteiger partial charge in [0.15, 0.2) is 0 Å². The van der Waals surface area contributed by atoms with Gasteiger partial charge in [-0.3, -0.25) is 9.78 Å². The maximum Gasteiger partial charge on any atom is 0.342 e. The molecule has 0 amide bonds. The predicted molar refractivity (Wildman–Crippen MR) is 59.3 cm³/mol. The molecule has 0 bridgehead atoms. The molecular weight excluding hydrogens is 210 g/mol. The monoisotopic (exact) mass is 225 g/mol. The highest BCUT2D eigenvalue weighted by atomic mass is 16.2. The summed E-state index contributed by atoms with van der Waals surface area (Å²) < 4.78 is 0. The Kier molecular flexibility index (Phi) is 3.04. The second kappa shape index (κ2) is 4.48. The lowest BCUT2D eigenvalue weighted by molar-refractivity contribution is 0.410. The van der Waals surface area contributed by atoms with Gasteiger partial charge >= 0.3 is 5.69 Å². The number of H-pyrrole nitrogens is 2. The first-order chi connectivity index (χ1) is 7.65. The topological polar surface area (TPSA) is 117 Å². The van der Waals surface area contributed by atoms with Crippen LogP contribution < -0.4 is 22.3 Å². The van der Waals surface area contributed by atoms with E-state index < -0.39 is 11.2 Å². The Morgan fingerprint density at radius 3 is 2.56 bits per heavy atom. The van der Waals surface area contributed by atoms with Crippen LogP contribution in [0.3, 0.4) is 0 Å². The van der Waals surface area contributed by atoms with Gasteiger partial charge in [-0.25, -0.2) is 9.89 Å². The van der Waals surface area contributed by atoms with Gasteiger partial charge < -0.3 is 11.1 Å². The molecule has 1 aliphatic carbocycles. The van der Waals surface area contributed by atoms with Gasteiger partial charge in [-0.15, -0.1) is 5.10 Å². The van der Waals surface area contributed by atoms with Gasteiger partial charge in [0.05, 0.1) is 0 Å². The molecule has 2 rings (SSSR count). The minimum Gasteiger partial charge on any atom is -0.361 e. The zero-order chi connectivity index (χ0) is 11.5. The highest BCUT2D eigenvalue weighted by Crippen LogP contribution is 2.18. The van der Waals surface area contributed by atoms with Gasteiger partial charge in [-0.2, -0.15) is 0 Å². The Labute approximate surface area is 91.5 Å². The van der Waals surface area contributed by atoms with Crippen LogP contribution in [0.15, 0.2) is 9.59 Å². The lowest BCUT2D eigenvalue weighted by Gasteiger charge is -2.26. The SMILES string of the molecule is NC1CCC(Nc2n[nH]c(=O)[nH]c2=O)CC1. The molecule has 0 aliphatic heterocycles. The van der Waals surface area contributed by atoms with Gasteiger partial charge in [-0.1, -0.05) is 0 Å². The van der Waals surface area contributed by atoms with Gasteiger partial charge in [0.1, 0.15) is 0 Å². The van der Waals surface area contributed by atoms with E-state index in [9.17, 15) is 9.59 Å². The van der Waals surface area contributed by atoms with Gasteiger partial charge in [0.25, 0.3) is 5.56 Å². The fraction of sp³-hybridized carbons (Fsp3) is 0.667. The molecule has 0 saturated heterocycles. The average Bonchev–Trinajstić information content (AvgIpc) is 2.25. The molecule has 1 aromatic rings. The lowest BCUT2D eigenvalue weighted by Crippen LogP contribution is -2.36. The van der Waals surface area contributed by atoms with Crippen molar-refractivity contribution in [3.8, 4) is 0 Å². The molecule has 16 heavy (non-hydrogen) atoms. The zero-order valence-electron chi connectivity index (χ0n) is 8.82. The Hall–Kier alpha value is -1.63. The van der Waals surface area contributed by atoms with Crippen LogP contribution in [0.1, 0.15) is 25.7 Å². The molecule has 0 atom stereocenters. The van der Waals surface area contributed by atoms with Crippen molar-refractivity contribution in [2.24, 2.45) is 5.73 Å². The second-order valence-electron chi connectivity index (χ2n) is 4.11. The van der Waals surface area contributed by atoms with Crippen LogP contribution in [0.25, 0.3) is 0 Å². The van der Waals surface area contributed by atoms with Crippen LogP contribution in [0.4, 0.5) is 5.82 Å². The summed E-state index contributed by atoms with van der Waals surface area (Å²) in [7, 11) is 0. The van der Waals surface area contributed by atoms with Crippen LogP contribution in [0, 0.1) is 0 Å². The van der Waals surface area contributed by atoms with E-state index in [0.29, 0.717) is 0 Å². The number of nitrogens with one attached hydrogen (secondary N) is 3. The third-order valence-electron chi connectivity index (χ3n) is 2.82. The molecule has 0 aromatic carbocycles. The highest BCUT2D eigenvalue weighted by Gasteiger charge is 2.19. The average molecular weight is 225 g/mol. The molecular formula is C9H15N5O2. The van der Waals surface area contributed by atoms with E-state index in [-0.39, 0.29) is 17.9 Å². The number of rotatable bonds is 2. The first-order valence-corrected chi connectivity index (χ1v) is 5.36. The van der Waals surface area contributed by atoms with Crippen molar-refractivity contribution in [3.05, 3.63) is 20.8 Å². The standard InChI is InChI=1S/C9H15N5O2/c10-5-1-3-6(4-2-5)11-7-8(15)12-9(16)14-13-7/h5-6H,1-4,10H2,(H,11,13)(H2,12,14,15,16). The molecule has 0 spiro atoms. The maximum absolute atomic E-state index is 11.4. The normalized spacial score (nSPS) is 25.3. The molecule has 1 fully saturated rings. The number of nitrogens with zero attached hydrogens (tertiary/aromatic N) is 1. The molecule has 1 aliphatic rings. The Balaban J connectivity index is 2.04. The second-order valence-corrected chi connectivity index (χ2v) is 4.11. The van der Waals surface area contributed by atoms with Gasteiger partial charge in [0.2, 0.25) is 5.82 Å². The molecule has 0 radical (unpaired) electrons. The van der Waals surface area contributed by atoms with E-state index in [0.717, 1.165) is 25.7 Å². The van der Waals surface area contributed by atoms with Gasteiger partial charge in [0, 0.05) is 12.1 Å². The zero-order valence-corrected chi connectivity index (χ0v) is 8.82. The van der Waals surface area contributed by atoms with Crippen molar-refractivity contribution in [3.63, 3.8) is 0 Å². The maximum atomic E-state index is 11.4. The van der Waals surface area contributed by atoms with Crippen molar-refractivity contribution in [1.82, 2.24) is 15.2 Å². The largest absolute Gasteiger partial charge is 0.361 e. The van der Waals surface area contributed by atoms with Crippen LogP contribution in [0.2, 0.25) is 0 Å². The van der Waals surface area contributed by atoms with Crippen molar-refractivity contribution in [2.75, 3.05) is 5.32 Å². The number of hydrogen-bond donors (Lipinski definition) is 4. The molecule has 5 N–H and O–H groups in total. The summed E-state index contributed by atoms with van der Waals surface area (Å²) in [5.74, 6) is 0.167. The first kappa shape index (κ1) is 10.9. The molecule has 7 heteroatoms. The van der Waals surface area contributed by atoms with Crippen LogP contribution in [0.5, 0.6) is 0 Å². The Morgan fingerprint density at radius 2 is 1.94 bits per heavy atom. The van der Waals surface area contributed by atoms with E-state index in [4.69, 9.17) is 5.73 Å². The highest BCUT2D eigenvalue weighted by molar-refractivity contribution is 5.30. The molecule has 88 valence electrons. The van der Waals surface area contributed by atoms with E-state index in [1.807, 2.05) is 0 Å². The molecule has 1 heterocycles. The van der Waals surface area contributed by atoms with E-state index in [2.05, 4.69) is 20.5 Å². The summed E-state index contributed by atoms with van der Waals surface area (Å²) >= 11 is 0. The molecule has 1 saturated carbocycles. The third kappa shape index (κ3) is 2.48. The number of aromatic nitrogens is 3. The summed E-state index contributed by atoms with van der Waals surface area (Å²) in [6.07, 6.45) is 3.72. The summed E-state index contributed by atoms with van der Waals surface area (Å²) in [6.45, 7) is 0. The molecule has 7 nitrogen and oxygen atoms in total. The lowest BCUT2D eigenvalue weighted by atomic mass is 9.92. The fourth-order valence-corrected chi connectivity index (χ4v) is 1.90. The number of aromatic amines is 2. The van der Waals surface area contributed by atoms with E-state index >= 15 is 0 Å². The fourth-order valence-electron chi connectivity index (χ4n) is 1.90. The predicted octanol–water partition coefficient (Wildman–Crippen LogP) is -0.860. The van der Waals surface area contributed by atoms with Gasteiger partial charge in [-0.05, 0) is 25.7 Å². The minimum absolute atomic E-state index is 0.167. The van der Waals surface area contributed by atoms with Crippen molar-refractivity contribution < 1.29 is 0 Å². The number of nitrogens with two attached hydrogens (primary N) is 1. The number of hydrogen-bond acceptors (Lipinski definition) is 5. The van der Waals surface area contributed by atoms with Crippen molar-refractivity contribution >= 4 is 5.82 Å². The Morgan fingerprint density at radius 1 is 1.25 bits per heavy atom. The van der Waals surface area contributed by atoms with Crippen LogP contribution in [-0.2, 0) is 0 Å². The van der Waals surface area contributed by atoms with E-state index in [1.165, 1.54) is 0 Å². The molecule has 1 aromatic heterocycles.